The summed E-state index contributed by atoms with van der Waals surface area (Å²) in [7, 11) is 2.00. The fraction of sp³-hybridized carbons (Fsp3) is 0.938. The molecule has 0 aromatic rings. The number of hydrogen-bond donors (Lipinski definition) is 1. The van der Waals surface area contributed by atoms with Gasteiger partial charge < -0.3 is 15.1 Å². The van der Waals surface area contributed by atoms with Crippen molar-refractivity contribution in [2.75, 3.05) is 26.7 Å². The standard InChI is InChI=1S/C16H31N3O/c1-4-17-14-5-7-15(8-6-14)18(3)16(20)19-11-9-13(2)10-12-19/h13-15,17H,4-12H2,1-3H3. The number of nitrogens with one attached hydrogen (secondary N) is 1. The zero-order valence-electron chi connectivity index (χ0n) is 13.4. The van der Waals surface area contributed by atoms with Crippen LogP contribution in [0.4, 0.5) is 4.79 Å². The summed E-state index contributed by atoms with van der Waals surface area (Å²) in [5, 5.41) is 3.53. The summed E-state index contributed by atoms with van der Waals surface area (Å²) in [5.74, 6) is 0.778. The van der Waals surface area contributed by atoms with Crippen molar-refractivity contribution < 1.29 is 4.79 Å². The van der Waals surface area contributed by atoms with Gasteiger partial charge in [0.15, 0.2) is 0 Å². The van der Waals surface area contributed by atoms with E-state index < -0.39 is 0 Å². The van der Waals surface area contributed by atoms with Gasteiger partial charge in [0.05, 0.1) is 0 Å². The van der Waals surface area contributed by atoms with Crippen LogP contribution in [0.3, 0.4) is 0 Å². The van der Waals surface area contributed by atoms with E-state index in [-0.39, 0.29) is 6.03 Å². The molecule has 1 aliphatic carbocycles. The Bertz CT molecular complexity index is 305. The highest BCUT2D eigenvalue weighted by molar-refractivity contribution is 5.74. The molecule has 0 unspecified atom stereocenters. The van der Waals surface area contributed by atoms with Crippen LogP contribution in [0.2, 0.25) is 0 Å². The summed E-state index contributed by atoms with van der Waals surface area (Å²) in [6, 6.07) is 1.36. The van der Waals surface area contributed by atoms with Gasteiger partial charge in [0, 0.05) is 32.2 Å². The molecule has 4 nitrogen and oxygen atoms in total. The smallest absolute Gasteiger partial charge is 0.319 e. The van der Waals surface area contributed by atoms with Gasteiger partial charge in [-0.05, 0) is 51.0 Å². The Morgan fingerprint density at radius 1 is 1.15 bits per heavy atom. The summed E-state index contributed by atoms with van der Waals surface area (Å²) in [6.45, 7) is 7.39. The molecular formula is C16H31N3O. The Balaban J connectivity index is 1.79. The number of piperidine rings is 1. The van der Waals surface area contributed by atoms with Crippen LogP contribution in [0.5, 0.6) is 0 Å². The predicted molar refractivity (Wildman–Crippen MR) is 82.9 cm³/mol. The van der Waals surface area contributed by atoms with Gasteiger partial charge in [-0.2, -0.15) is 0 Å². The first-order chi connectivity index (χ1) is 9.61. The molecule has 2 fully saturated rings. The first kappa shape index (κ1) is 15.6. The van der Waals surface area contributed by atoms with Crippen LogP contribution < -0.4 is 5.32 Å². The minimum absolute atomic E-state index is 0.254. The van der Waals surface area contributed by atoms with Gasteiger partial charge in [-0.25, -0.2) is 4.79 Å². The molecule has 1 heterocycles. The number of hydrogen-bond acceptors (Lipinski definition) is 2. The molecule has 1 aliphatic heterocycles. The molecule has 20 heavy (non-hydrogen) atoms. The van der Waals surface area contributed by atoms with Crippen LogP contribution in [-0.2, 0) is 0 Å². The topological polar surface area (TPSA) is 35.6 Å². The van der Waals surface area contributed by atoms with Gasteiger partial charge in [0.25, 0.3) is 0 Å². The maximum atomic E-state index is 12.5. The lowest BCUT2D eigenvalue weighted by Gasteiger charge is -2.39. The summed E-state index contributed by atoms with van der Waals surface area (Å²) >= 11 is 0. The summed E-state index contributed by atoms with van der Waals surface area (Å²) in [5.41, 5.74) is 0. The van der Waals surface area contributed by atoms with E-state index in [1.165, 1.54) is 12.8 Å². The molecule has 1 N–H and O–H groups in total. The minimum Gasteiger partial charge on any atom is -0.325 e. The average Bonchev–Trinajstić information content (AvgIpc) is 2.48. The molecule has 0 bridgehead atoms. The zero-order chi connectivity index (χ0) is 14.5. The zero-order valence-corrected chi connectivity index (χ0v) is 13.4. The van der Waals surface area contributed by atoms with E-state index in [0.29, 0.717) is 12.1 Å². The lowest BCUT2D eigenvalue weighted by molar-refractivity contribution is 0.116. The summed E-state index contributed by atoms with van der Waals surface area (Å²) in [6.07, 6.45) is 7.01. The van der Waals surface area contributed by atoms with Crippen molar-refractivity contribution in [1.29, 1.82) is 0 Å². The Hall–Kier alpha value is -0.770. The number of rotatable bonds is 3. The molecule has 2 amide bonds. The van der Waals surface area contributed by atoms with E-state index in [9.17, 15) is 4.79 Å². The van der Waals surface area contributed by atoms with Crippen molar-refractivity contribution >= 4 is 6.03 Å². The van der Waals surface area contributed by atoms with Crippen molar-refractivity contribution in [3.8, 4) is 0 Å². The predicted octanol–water partition coefficient (Wildman–Crippen LogP) is 2.69. The number of nitrogens with zero attached hydrogens (tertiary/aromatic N) is 2. The van der Waals surface area contributed by atoms with E-state index in [4.69, 9.17) is 0 Å². The van der Waals surface area contributed by atoms with E-state index in [2.05, 4.69) is 24.1 Å². The van der Waals surface area contributed by atoms with Crippen molar-refractivity contribution in [2.24, 2.45) is 5.92 Å². The highest BCUT2D eigenvalue weighted by atomic mass is 16.2. The number of likely N-dealkylation sites (tertiary alicyclic amines) is 1. The highest BCUT2D eigenvalue weighted by Crippen LogP contribution is 2.24. The Morgan fingerprint density at radius 3 is 2.30 bits per heavy atom. The second-order valence-corrected chi connectivity index (χ2v) is 6.63. The third-order valence-corrected chi connectivity index (χ3v) is 5.09. The van der Waals surface area contributed by atoms with Crippen LogP contribution in [0.15, 0.2) is 0 Å². The van der Waals surface area contributed by atoms with E-state index in [0.717, 1.165) is 51.2 Å². The van der Waals surface area contributed by atoms with Crippen LogP contribution in [0.25, 0.3) is 0 Å². The Morgan fingerprint density at radius 2 is 1.75 bits per heavy atom. The number of amides is 2. The average molecular weight is 281 g/mol. The van der Waals surface area contributed by atoms with E-state index in [1.54, 1.807) is 0 Å². The number of carbonyl (C=O) groups excluding carboxylic acids is 1. The molecule has 0 atom stereocenters. The molecule has 0 aromatic carbocycles. The second-order valence-electron chi connectivity index (χ2n) is 6.63. The Labute approximate surface area is 123 Å². The second kappa shape index (κ2) is 7.30. The largest absolute Gasteiger partial charge is 0.325 e. The molecule has 2 aliphatic rings. The molecule has 1 saturated carbocycles. The van der Waals surface area contributed by atoms with Crippen molar-refractivity contribution in [3.05, 3.63) is 0 Å². The van der Waals surface area contributed by atoms with Gasteiger partial charge in [0.2, 0.25) is 0 Å². The molecule has 0 radical (unpaired) electrons. The number of carbonyl (C=O) groups is 1. The van der Waals surface area contributed by atoms with Crippen molar-refractivity contribution in [3.63, 3.8) is 0 Å². The highest BCUT2D eigenvalue weighted by Gasteiger charge is 2.29. The van der Waals surface area contributed by atoms with E-state index >= 15 is 0 Å². The van der Waals surface area contributed by atoms with Gasteiger partial charge in [0.1, 0.15) is 0 Å². The minimum atomic E-state index is 0.254. The first-order valence-electron chi connectivity index (χ1n) is 8.37. The lowest BCUT2D eigenvalue weighted by Crippen LogP contribution is -2.50. The fourth-order valence-corrected chi connectivity index (χ4v) is 3.54. The Kier molecular flexibility index (Phi) is 5.70. The van der Waals surface area contributed by atoms with Gasteiger partial charge >= 0.3 is 6.03 Å². The maximum absolute atomic E-state index is 12.5. The van der Waals surface area contributed by atoms with Gasteiger partial charge in [-0.3, -0.25) is 0 Å². The third kappa shape index (κ3) is 3.87. The van der Waals surface area contributed by atoms with E-state index in [1.807, 2.05) is 11.9 Å². The monoisotopic (exact) mass is 281 g/mol. The normalized spacial score (nSPS) is 28.4. The molecular weight excluding hydrogens is 250 g/mol. The SMILES string of the molecule is CCNC1CCC(N(C)C(=O)N2CCC(C)CC2)CC1. The summed E-state index contributed by atoms with van der Waals surface area (Å²) in [4.78, 5) is 16.6. The fourth-order valence-electron chi connectivity index (χ4n) is 3.54. The first-order valence-corrected chi connectivity index (χ1v) is 8.37. The molecule has 2 rings (SSSR count). The molecule has 1 saturated heterocycles. The van der Waals surface area contributed by atoms with Crippen LogP contribution >= 0.6 is 0 Å². The number of urea groups is 1. The van der Waals surface area contributed by atoms with Crippen LogP contribution in [-0.4, -0.2) is 54.6 Å². The van der Waals surface area contributed by atoms with Crippen molar-refractivity contribution in [2.45, 2.75) is 64.5 Å². The third-order valence-electron chi connectivity index (χ3n) is 5.09. The summed E-state index contributed by atoms with van der Waals surface area (Å²) < 4.78 is 0. The molecule has 116 valence electrons. The van der Waals surface area contributed by atoms with Gasteiger partial charge in [-0.15, -0.1) is 0 Å². The quantitative estimate of drug-likeness (QED) is 0.863. The van der Waals surface area contributed by atoms with Gasteiger partial charge in [-0.1, -0.05) is 13.8 Å². The maximum Gasteiger partial charge on any atom is 0.319 e. The van der Waals surface area contributed by atoms with Crippen LogP contribution in [0, 0.1) is 5.92 Å². The molecule has 0 spiro atoms. The molecule has 0 aromatic heterocycles. The van der Waals surface area contributed by atoms with Crippen molar-refractivity contribution in [1.82, 2.24) is 15.1 Å². The van der Waals surface area contributed by atoms with Crippen LogP contribution in [0.1, 0.15) is 52.4 Å². The molecule has 4 heteroatoms. The lowest BCUT2D eigenvalue weighted by atomic mass is 9.90.